The molecule has 1 saturated heterocycles. The van der Waals surface area contributed by atoms with Crippen molar-refractivity contribution in [2.45, 2.75) is 63.7 Å². The summed E-state index contributed by atoms with van der Waals surface area (Å²) in [7, 11) is -2.97. The van der Waals surface area contributed by atoms with Gasteiger partial charge in [0.1, 0.15) is 0 Å². The Balaban J connectivity index is 1.83. The van der Waals surface area contributed by atoms with E-state index in [0.717, 1.165) is 18.9 Å². The minimum Gasteiger partial charge on any atom is -0.212 e. The Kier molecular flexibility index (Phi) is 3.59. The molecule has 2 atom stereocenters. The lowest BCUT2D eigenvalue weighted by Crippen LogP contribution is -2.24. The molecule has 1 aliphatic carbocycles. The molecule has 1 unspecified atom stereocenters. The average molecular weight is 245 g/mol. The normalized spacial score (nSPS) is 31.9. The lowest BCUT2D eigenvalue weighted by atomic mass is 9.86. The van der Waals surface area contributed by atoms with E-state index in [-0.39, 0.29) is 5.25 Å². The zero-order valence-corrected chi connectivity index (χ0v) is 11.2. The first-order valence-corrected chi connectivity index (χ1v) is 8.03. The Morgan fingerprint density at radius 2 is 1.81 bits per heavy atom. The van der Waals surface area contributed by atoms with Crippen molar-refractivity contribution in [3.8, 4) is 0 Å². The summed E-state index contributed by atoms with van der Waals surface area (Å²) in [6, 6.07) is 0.329. The summed E-state index contributed by atoms with van der Waals surface area (Å²) in [5.41, 5.74) is 0. The average Bonchev–Trinajstić information content (AvgIpc) is 2.99. The molecule has 1 saturated carbocycles. The van der Waals surface area contributed by atoms with Gasteiger partial charge in [-0.1, -0.05) is 32.1 Å². The van der Waals surface area contributed by atoms with Crippen molar-refractivity contribution in [2.24, 2.45) is 5.92 Å². The molecule has 3 nitrogen and oxygen atoms in total. The Morgan fingerprint density at radius 3 is 2.38 bits per heavy atom. The summed E-state index contributed by atoms with van der Waals surface area (Å²) in [6.45, 7) is 4.31. The van der Waals surface area contributed by atoms with Crippen molar-refractivity contribution in [2.75, 3.05) is 6.54 Å². The molecule has 0 aromatic rings. The van der Waals surface area contributed by atoms with Crippen LogP contribution in [0, 0.1) is 5.92 Å². The smallest absolute Gasteiger partial charge is 0.212 e. The Hall–Kier alpha value is -0.0900. The molecule has 1 heterocycles. The molecule has 0 aromatic heterocycles. The van der Waals surface area contributed by atoms with Gasteiger partial charge in [0.25, 0.3) is 0 Å². The number of rotatable bonds is 4. The van der Waals surface area contributed by atoms with Gasteiger partial charge >= 0.3 is 0 Å². The summed E-state index contributed by atoms with van der Waals surface area (Å²) in [5.74, 6) is 0.783. The summed E-state index contributed by atoms with van der Waals surface area (Å²) in [5, 5.41) is -0.260. The third-order valence-electron chi connectivity index (χ3n) is 3.92. The van der Waals surface area contributed by atoms with E-state index in [1.807, 2.05) is 0 Å². The lowest BCUT2D eigenvalue weighted by Gasteiger charge is -2.21. The predicted molar refractivity (Wildman–Crippen MR) is 65.7 cm³/mol. The molecule has 0 spiro atoms. The summed E-state index contributed by atoms with van der Waals surface area (Å²) < 4.78 is 25.4. The Morgan fingerprint density at radius 1 is 1.19 bits per heavy atom. The lowest BCUT2D eigenvalue weighted by molar-refractivity contribution is 0.331. The Bertz CT molecular complexity index is 331. The van der Waals surface area contributed by atoms with Crippen LogP contribution < -0.4 is 0 Å². The first-order valence-electron chi connectivity index (χ1n) is 6.52. The molecule has 2 rings (SSSR count). The van der Waals surface area contributed by atoms with Gasteiger partial charge in [0.15, 0.2) is 0 Å². The van der Waals surface area contributed by atoms with Crippen LogP contribution >= 0.6 is 0 Å². The van der Waals surface area contributed by atoms with E-state index in [9.17, 15) is 8.42 Å². The SMILES string of the molecule is CC(C)S(=O)(=O)[N@@]1CC1CC1CCCCC1. The highest BCUT2D eigenvalue weighted by molar-refractivity contribution is 7.89. The van der Waals surface area contributed by atoms with Crippen molar-refractivity contribution in [3.05, 3.63) is 0 Å². The summed E-state index contributed by atoms with van der Waals surface area (Å²) >= 11 is 0. The maximum atomic E-state index is 11.9. The molecule has 0 bridgehead atoms. The second-order valence-corrected chi connectivity index (χ2v) is 8.00. The van der Waals surface area contributed by atoms with Crippen LogP contribution in [0.5, 0.6) is 0 Å². The third-order valence-corrected chi connectivity index (χ3v) is 6.21. The fourth-order valence-corrected chi connectivity index (χ4v) is 4.17. The van der Waals surface area contributed by atoms with Crippen LogP contribution in [0.15, 0.2) is 0 Å². The van der Waals surface area contributed by atoms with Gasteiger partial charge in [-0.25, -0.2) is 8.42 Å². The van der Waals surface area contributed by atoms with Gasteiger partial charge in [-0.15, -0.1) is 0 Å². The standard InChI is InChI=1S/C12H23NO2S/c1-10(2)16(14,15)13-9-12(13)8-11-6-4-3-5-7-11/h10-12H,3-9H2,1-2H3/t12?,13-/m0/s1. The maximum Gasteiger partial charge on any atom is 0.216 e. The molecule has 2 fully saturated rings. The zero-order chi connectivity index (χ0) is 11.8. The van der Waals surface area contributed by atoms with Crippen LogP contribution in [-0.2, 0) is 10.0 Å². The van der Waals surface area contributed by atoms with E-state index in [1.54, 1.807) is 18.2 Å². The second kappa shape index (κ2) is 4.65. The fraction of sp³-hybridized carbons (Fsp3) is 1.00. The van der Waals surface area contributed by atoms with Gasteiger partial charge in [-0.05, 0) is 26.2 Å². The third kappa shape index (κ3) is 2.59. The van der Waals surface area contributed by atoms with Crippen LogP contribution in [0.4, 0.5) is 0 Å². The molecule has 94 valence electrons. The van der Waals surface area contributed by atoms with Crippen molar-refractivity contribution >= 4 is 10.0 Å². The van der Waals surface area contributed by atoms with Gasteiger partial charge < -0.3 is 0 Å². The molecule has 0 aromatic carbocycles. The molecule has 2 aliphatic rings. The van der Waals surface area contributed by atoms with E-state index in [2.05, 4.69) is 0 Å². The minimum atomic E-state index is -2.97. The highest BCUT2D eigenvalue weighted by Gasteiger charge is 2.45. The predicted octanol–water partition coefficient (Wildman–Crippen LogP) is 2.38. The fourth-order valence-electron chi connectivity index (χ4n) is 2.74. The van der Waals surface area contributed by atoms with Crippen molar-refractivity contribution in [1.29, 1.82) is 0 Å². The second-order valence-electron chi connectivity index (χ2n) is 5.56. The Labute approximate surface area is 99.3 Å². The molecule has 0 radical (unpaired) electrons. The molecular weight excluding hydrogens is 222 g/mol. The monoisotopic (exact) mass is 245 g/mol. The van der Waals surface area contributed by atoms with Crippen LogP contribution in [0.25, 0.3) is 0 Å². The van der Waals surface area contributed by atoms with E-state index < -0.39 is 10.0 Å². The highest BCUT2D eigenvalue weighted by atomic mass is 32.2. The van der Waals surface area contributed by atoms with E-state index in [1.165, 1.54) is 32.1 Å². The summed E-state index contributed by atoms with van der Waals surface area (Å²) in [6.07, 6.45) is 7.78. The highest BCUT2D eigenvalue weighted by Crippen LogP contribution is 2.35. The van der Waals surface area contributed by atoms with Crippen LogP contribution in [0.1, 0.15) is 52.4 Å². The first-order chi connectivity index (χ1) is 7.51. The molecule has 0 amide bonds. The molecular formula is C12H23NO2S. The van der Waals surface area contributed by atoms with E-state index in [4.69, 9.17) is 0 Å². The summed E-state index contributed by atoms with van der Waals surface area (Å²) in [4.78, 5) is 0. The number of sulfonamides is 1. The molecule has 0 N–H and O–H groups in total. The van der Waals surface area contributed by atoms with Gasteiger partial charge in [0.2, 0.25) is 10.0 Å². The van der Waals surface area contributed by atoms with E-state index >= 15 is 0 Å². The largest absolute Gasteiger partial charge is 0.216 e. The van der Waals surface area contributed by atoms with Crippen LogP contribution in [-0.4, -0.2) is 30.6 Å². The maximum absolute atomic E-state index is 11.9. The van der Waals surface area contributed by atoms with Gasteiger partial charge in [-0.2, -0.15) is 4.31 Å². The molecule has 16 heavy (non-hydrogen) atoms. The van der Waals surface area contributed by atoms with Gasteiger partial charge in [0.05, 0.1) is 5.25 Å². The molecule has 1 aliphatic heterocycles. The number of nitrogens with zero attached hydrogens (tertiary/aromatic N) is 1. The minimum absolute atomic E-state index is 0.260. The quantitative estimate of drug-likeness (QED) is 0.713. The number of hydrogen-bond acceptors (Lipinski definition) is 2. The van der Waals surface area contributed by atoms with E-state index in [0.29, 0.717) is 6.04 Å². The zero-order valence-electron chi connectivity index (χ0n) is 10.4. The molecule has 4 heteroatoms. The van der Waals surface area contributed by atoms with Crippen molar-refractivity contribution < 1.29 is 8.42 Å². The van der Waals surface area contributed by atoms with Crippen molar-refractivity contribution in [3.63, 3.8) is 0 Å². The topological polar surface area (TPSA) is 37.1 Å². The van der Waals surface area contributed by atoms with Crippen molar-refractivity contribution in [1.82, 2.24) is 4.31 Å². The first kappa shape index (κ1) is 12.4. The van der Waals surface area contributed by atoms with Crippen LogP contribution in [0.2, 0.25) is 0 Å². The van der Waals surface area contributed by atoms with Crippen LogP contribution in [0.3, 0.4) is 0 Å². The van der Waals surface area contributed by atoms with Gasteiger partial charge in [-0.3, -0.25) is 0 Å². The van der Waals surface area contributed by atoms with Gasteiger partial charge in [0, 0.05) is 12.6 Å². The number of hydrogen-bond donors (Lipinski definition) is 0.